The Morgan fingerprint density at radius 3 is 2.82 bits per heavy atom. The van der Waals surface area contributed by atoms with Crippen molar-refractivity contribution < 1.29 is 9.90 Å². The zero-order chi connectivity index (χ0) is 12.8. The molecule has 17 heavy (non-hydrogen) atoms. The van der Waals surface area contributed by atoms with Gasteiger partial charge in [-0.05, 0) is 32.4 Å². The largest absolute Gasteiger partial charge is 0.478 e. The van der Waals surface area contributed by atoms with Crippen LogP contribution < -0.4 is 5.32 Å². The molecule has 0 aliphatic carbocycles. The van der Waals surface area contributed by atoms with Crippen LogP contribution in [0.1, 0.15) is 26.7 Å². The second-order valence-corrected chi connectivity index (χ2v) is 4.93. The van der Waals surface area contributed by atoms with Crippen molar-refractivity contribution in [2.24, 2.45) is 5.92 Å². The molecule has 1 aliphatic rings. The van der Waals surface area contributed by atoms with Gasteiger partial charge in [0.2, 0.25) is 0 Å². The molecule has 2 N–H and O–H groups in total. The van der Waals surface area contributed by atoms with Crippen LogP contribution in [0.4, 0.5) is 0 Å². The third-order valence-electron chi connectivity index (χ3n) is 3.49. The summed E-state index contributed by atoms with van der Waals surface area (Å²) in [6.45, 7) is 7.01. The second-order valence-electron chi connectivity index (χ2n) is 4.93. The van der Waals surface area contributed by atoms with Crippen molar-refractivity contribution in [1.29, 1.82) is 0 Å². The second kappa shape index (κ2) is 6.77. The van der Waals surface area contributed by atoms with Crippen LogP contribution in [0, 0.1) is 5.92 Å². The fourth-order valence-electron chi connectivity index (χ4n) is 2.37. The van der Waals surface area contributed by atoms with Crippen molar-refractivity contribution in [3.8, 4) is 0 Å². The van der Waals surface area contributed by atoms with Crippen LogP contribution in [-0.2, 0) is 4.79 Å². The molecule has 0 aromatic rings. The average molecular weight is 240 g/mol. The highest BCUT2D eigenvalue weighted by Crippen LogP contribution is 2.15. The number of nitrogens with zero attached hydrogens (tertiary/aromatic N) is 1. The molecule has 0 saturated carbocycles. The lowest BCUT2D eigenvalue weighted by Gasteiger charge is -2.35. The topological polar surface area (TPSA) is 52.6 Å². The van der Waals surface area contributed by atoms with Gasteiger partial charge in [0.15, 0.2) is 0 Å². The van der Waals surface area contributed by atoms with Crippen LogP contribution in [0.5, 0.6) is 0 Å². The molecular weight excluding hydrogens is 216 g/mol. The molecule has 0 amide bonds. The van der Waals surface area contributed by atoms with E-state index in [0.29, 0.717) is 30.5 Å². The van der Waals surface area contributed by atoms with Gasteiger partial charge in [-0.25, -0.2) is 4.79 Å². The van der Waals surface area contributed by atoms with Gasteiger partial charge in [0.05, 0.1) is 0 Å². The van der Waals surface area contributed by atoms with Crippen molar-refractivity contribution in [2.45, 2.75) is 32.7 Å². The summed E-state index contributed by atoms with van der Waals surface area (Å²) in [5.74, 6) is -0.178. The molecule has 1 saturated heterocycles. The van der Waals surface area contributed by atoms with E-state index in [1.807, 2.05) is 6.92 Å². The maximum Gasteiger partial charge on any atom is 0.331 e. The number of nitrogens with one attached hydrogen (secondary N) is 1. The van der Waals surface area contributed by atoms with Gasteiger partial charge in [-0.3, -0.25) is 0 Å². The fraction of sp³-hybridized carbons (Fsp3) is 0.769. The Bertz CT molecular complexity index is 289. The van der Waals surface area contributed by atoms with Crippen molar-refractivity contribution >= 4 is 5.97 Å². The lowest BCUT2D eigenvalue weighted by atomic mass is 9.94. The molecule has 0 bridgehead atoms. The summed E-state index contributed by atoms with van der Waals surface area (Å²) < 4.78 is 0. The summed E-state index contributed by atoms with van der Waals surface area (Å²) in [6, 6.07) is 0.509. The molecule has 4 heteroatoms. The van der Waals surface area contributed by atoms with Gasteiger partial charge in [0.1, 0.15) is 0 Å². The maximum atomic E-state index is 10.8. The number of carbonyl (C=O) groups is 1. The predicted molar refractivity (Wildman–Crippen MR) is 69.1 cm³/mol. The number of hydrogen-bond acceptors (Lipinski definition) is 3. The van der Waals surface area contributed by atoms with Gasteiger partial charge in [0.25, 0.3) is 0 Å². The van der Waals surface area contributed by atoms with Crippen molar-refractivity contribution in [2.75, 3.05) is 26.7 Å². The zero-order valence-electron chi connectivity index (χ0n) is 11.1. The van der Waals surface area contributed by atoms with Crippen LogP contribution in [0.3, 0.4) is 0 Å². The van der Waals surface area contributed by atoms with Gasteiger partial charge in [-0.2, -0.15) is 0 Å². The first kappa shape index (κ1) is 14.2. The molecule has 2 unspecified atom stereocenters. The highest BCUT2D eigenvalue weighted by molar-refractivity contribution is 5.86. The Morgan fingerprint density at radius 1 is 1.59 bits per heavy atom. The van der Waals surface area contributed by atoms with E-state index in [1.54, 1.807) is 6.08 Å². The molecule has 0 spiro atoms. The minimum absolute atomic E-state index is 0.498. The zero-order valence-corrected chi connectivity index (χ0v) is 11.1. The summed E-state index contributed by atoms with van der Waals surface area (Å²) >= 11 is 0. The summed E-state index contributed by atoms with van der Waals surface area (Å²) in [5, 5.41) is 12.3. The molecule has 98 valence electrons. The van der Waals surface area contributed by atoms with Crippen LogP contribution in [0.2, 0.25) is 0 Å². The number of piperidine rings is 1. The van der Waals surface area contributed by atoms with Gasteiger partial charge in [0, 0.05) is 24.7 Å². The van der Waals surface area contributed by atoms with Crippen LogP contribution >= 0.6 is 0 Å². The summed E-state index contributed by atoms with van der Waals surface area (Å²) in [6.07, 6.45) is 3.52. The molecule has 1 rings (SSSR count). The Kier molecular flexibility index (Phi) is 5.65. The standard InChI is InChI=1S/C13H24N2O2/c1-4-11(13(16)17)5-7-14-12-6-8-15(3)9-10(12)2/h5,10,12,14H,4,6-9H2,1-3H3,(H,16,17). The molecule has 2 atom stereocenters. The summed E-state index contributed by atoms with van der Waals surface area (Å²) in [5.41, 5.74) is 0.498. The quantitative estimate of drug-likeness (QED) is 0.712. The summed E-state index contributed by atoms with van der Waals surface area (Å²) in [7, 11) is 2.15. The number of rotatable bonds is 5. The first-order valence-electron chi connectivity index (χ1n) is 6.38. The molecule has 0 aromatic heterocycles. The SMILES string of the molecule is CCC(=CCNC1CCN(C)CC1C)C(=O)O. The average Bonchev–Trinajstić information content (AvgIpc) is 2.26. The van der Waals surface area contributed by atoms with Crippen LogP contribution in [0.15, 0.2) is 11.6 Å². The highest BCUT2D eigenvalue weighted by Gasteiger charge is 2.23. The monoisotopic (exact) mass is 240 g/mol. The van der Waals surface area contributed by atoms with E-state index < -0.39 is 5.97 Å². The van der Waals surface area contributed by atoms with Crippen molar-refractivity contribution in [1.82, 2.24) is 10.2 Å². The van der Waals surface area contributed by atoms with E-state index in [0.717, 1.165) is 19.5 Å². The van der Waals surface area contributed by atoms with E-state index >= 15 is 0 Å². The molecule has 0 aromatic carbocycles. The van der Waals surface area contributed by atoms with E-state index in [4.69, 9.17) is 5.11 Å². The maximum absolute atomic E-state index is 10.8. The number of hydrogen-bond donors (Lipinski definition) is 2. The summed E-state index contributed by atoms with van der Waals surface area (Å²) in [4.78, 5) is 13.2. The fourth-order valence-corrected chi connectivity index (χ4v) is 2.37. The molecular formula is C13H24N2O2. The lowest BCUT2D eigenvalue weighted by Crippen LogP contribution is -2.47. The smallest absolute Gasteiger partial charge is 0.331 e. The third kappa shape index (κ3) is 4.48. The molecule has 1 fully saturated rings. The first-order valence-corrected chi connectivity index (χ1v) is 6.38. The number of aliphatic carboxylic acids is 1. The van der Waals surface area contributed by atoms with Crippen LogP contribution in [0.25, 0.3) is 0 Å². The van der Waals surface area contributed by atoms with Crippen molar-refractivity contribution in [3.63, 3.8) is 0 Å². The van der Waals surface area contributed by atoms with Gasteiger partial charge >= 0.3 is 5.97 Å². The number of carboxylic acids is 1. The Labute approximate surface area is 104 Å². The van der Waals surface area contributed by atoms with E-state index in [9.17, 15) is 4.79 Å². The number of likely N-dealkylation sites (tertiary alicyclic amines) is 1. The predicted octanol–water partition coefficient (Wildman–Crippen LogP) is 1.34. The highest BCUT2D eigenvalue weighted by atomic mass is 16.4. The van der Waals surface area contributed by atoms with Gasteiger partial charge < -0.3 is 15.3 Å². The van der Waals surface area contributed by atoms with Gasteiger partial charge in [-0.1, -0.05) is 19.9 Å². The molecule has 0 radical (unpaired) electrons. The Hall–Kier alpha value is -0.870. The normalized spacial score (nSPS) is 27.1. The van der Waals surface area contributed by atoms with Crippen molar-refractivity contribution in [3.05, 3.63) is 11.6 Å². The third-order valence-corrected chi connectivity index (χ3v) is 3.49. The minimum Gasteiger partial charge on any atom is -0.478 e. The van der Waals surface area contributed by atoms with E-state index in [1.165, 1.54) is 0 Å². The molecule has 1 aliphatic heterocycles. The minimum atomic E-state index is -0.800. The Balaban J connectivity index is 2.38. The van der Waals surface area contributed by atoms with Crippen LogP contribution in [-0.4, -0.2) is 48.7 Å². The van der Waals surface area contributed by atoms with Gasteiger partial charge in [-0.15, -0.1) is 0 Å². The first-order chi connectivity index (χ1) is 8.04. The Morgan fingerprint density at radius 2 is 2.29 bits per heavy atom. The molecule has 4 nitrogen and oxygen atoms in total. The number of carboxylic acid groups (broad SMARTS) is 1. The lowest BCUT2D eigenvalue weighted by molar-refractivity contribution is -0.132. The van der Waals surface area contributed by atoms with E-state index in [2.05, 4.69) is 24.2 Å². The van der Waals surface area contributed by atoms with E-state index in [-0.39, 0.29) is 0 Å². The molecule has 1 heterocycles.